The monoisotopic (exact) mass is 287 g/mol. The van der Waals surface area contributed by atoms with E-state index in [0.29, 0.717) is 6.54 Å². The van der Waals surface area contributed by atoms with E-state index >= 15 is 0 Å². The van der Waals surface area contributed by atoms with Crippen molar-refractivity contribution >= 4 is 11.6 Å². The number of likely N-dealkylation sites (tertiary alicyclic amines) is 1. The van der Waals surface area contributed by atoms with Crippen molar-refractivity contribution in [3.8, 4) is 0 Å². The quantitative estimate of drug-likeness (QED) is 0.876. The normalized spacial score (nSPS) is 20.6. The molecule has 1 aliphatic carbocycles. The minimum absolute atomic E-state index is 0.150. The van der Waals surface area contributed by atoms with Crippen molar-refractivity contribution in [2.75, 3.05) is 25.0 Å². The molecule has 0 spiro atoms. The molecule has 0 atom stereocenters. The third-order valence-corrected chi connectivity index (χ3v) is 4.99. The van der Waals surface area contributed by atoms with Crippen LogP contribution in [0.1, 0.15) is 56.4 Å². The molecule has 0 radical (unpaired) electrons. The topological polar surface area (TPSA) is 33.5 Å². The van der Waals surface area contributed by atoms with Crippen LogP contribution >= 0.6 is 0 Å². The van der Waals surface area contributed by atoms with Crippen LogP contribution in [-0.2, 0) is 4.79 Å². The van der Waals surface area contributed by atoms with Crippen LogP contribution in [0.4, 0.5) is 5.69 Å². The van der Waals surface area contributed by atoms with Crippen molar-refractivity contribution in [1.29, 1.82) is 0 Å². The molecule has 114 valence electrons. The van der Waals surface area contributed by atoms with Crippen molar-refractivity contribution in [2.24, 2.45) is 0 Å². The van der Waals surface area contributed by atoms with Crippen molar-refractivity contribution in [3.05, 3.63) is 29.8 Å². The van der Waals surface area contributed by atoms with Crippen molar-refractivity contribution in [1.82, 2.24) is 0 Å². The lowest BCUT2D eigenvalue weighted by molar-refractivity contribution is -0.878. The summed E-state index contributed by atoms with van der Waals surface area (Å²) in [5.74, 6) is 0.884. The fourth-order valence-electron chi connectivity index (χ4n) is 3.76. The summed E-state index contributed by atoms with van der Waals surface area (Å²) in [6.07, 6.45) is 9.29. The van der Waals surface area contributed by atoms with Gasteiger partial charge in [-0.25, -0.2) is 0 Å². The van der Waals surface area contributed by atoms with E-state index < -0.39 is 0 Å². The predicted octanol–water partition coefficient (Wildman–Crippen LogP) is 2.35. The van der Waals surface area contributed by atoms with Crippen LogP contribution in [-0.4, -0.2) is 25.5 Å². The highest BCUT2D eigenvalue weighted by molar-refractivity contribution is 5.91. The molecule has 21 heavy (non-hydrogen) atoms. The molecular formula is C18H27N2O+. The van der Waals surface area contributed by atoms with E-state index in [-0.39, 0.29) is 5.91 Å². The summed E-state index contributed by atoms with van der Waals surface area (Å²) < 4.78 is 0. The highest BCUT2D eigenvalue weighted by Gasteiger charge is 2.19. The molecular weight excluding hydrogens is 260 g/mol. The van der Waals surface area contributed by atoms with Crippen LogP contribution in [0, 0.1) is 0 Å². The fraction of sp³-hybridized carbons (Fsp3) is 0.611. The number of carbonyl (C=O) groups is 1. The smallest absolute Gasteiger partial charge is 0.279 e. The van der Waals surface area contributed by atoms with E-state index in [1.165, 1.54) is 55.4 Å². The van der Waals surface area contributed by atoms with Gasteiger partial charge in [-0.1, -0.05) is 31.4 Å². The molecule has 0 aromatic heterocycles. The van der Waals surface area contributed by atoms with E-state index in [0.717, 1.165) is 24.7 Å². The molecule has 2 aliphatic rings. The summed E-state index contributed by atoms with van der Waals surface area (Å²) in [5, 5.41) is 3.04. The molecule has 1 aromatic carbocycles. The molecule has 1 heterocycles. The van der Waals surface area contributed by atoms with Gasteiger partial charge in [-0.3, -0.25) is 4.79 Å². The third kappa shape index (κ3) is 4.07. The van der Waals surface area contributed by atoms with Gasteiger partial charge in [0.1, 0.15) is 0 Å². The largest absolute Gasteiger partial charge is 0.327 e. The Morgan fingerprint density at radius 1 is 1.00 bits per heavy atom. The summed E-state index contributed by atoms with van der Waals surface area (Å²) in [4.78, 5) is 13.4. The fourth-order valence-corrected chi connectivity index (χ4v) is 3.76. The molecule has 1 aliphatic heterocycles. The first kappa shape index (κ1) is 14.6. The molecule has 3 rings (SSSR count). The highest BCUT2D eigenvalue weighted by atomic mass is 16.2. The lowest BCUT2D eigenvalue weighted by atomic mass is 9.84. The van der Waals surface area contributed by atoms with Crippen LogP contribution in [0.25, 0.3) is 0 Å². The highest BCUT2D eigenvalue weighted by Crippen LogP contribution is 2.32. The van der Waals surface area contributed by atoms with Gasteiger partial charge in [-0.15, -0.1) is 0 Å². The number of hydrogen-bond acceptors (Lipinski definition) is 1. The van der Waals surface area contributed by atoms with Crippen LogP contribution in [0.5, 0.6) is 0 Å². The Labute approximate surface area is 127 Å². The molecule has 1 amide bonds. The molecule has 3 nitrogen and oxygen atoms in total. The maximum Gasteiger partial charge on any atom is 0.279 e. The van der Waals surface area contributed by atoms with Gasteiger partial charge in [0.05, 0.1) is 13.1 Å². The van der Waals surface area contributed by atoms with E-state index in [9.17, 15) is 4.79 Å². The van der Waals surface area contributed by atoms with Crippen LogP contribution in [0.2, 0.25) is 0 Å². The standard InChI is InChI=1S/C18H26N2O/c21-18(14-20-12-4-5-13-20)19-17-10-8-16(9-11-17)15-6-2-1-3-7-15/h8-11,15H,1-7,12-14H2,(H,19,21)/p+1. The Morgan fingerprint density at radius 2 is 1.67 bits per heavy atom. The Bertz CT molecular complexity index is 457. The summed E-state index contributed by atoms with van der Waals surface area (Å²) in [6, 6.07) is 8.55. The average molecular weight is 287 g/mol. The maximum absolute atomic E-state index is 12.0. The van der Waals surface area contributed by atoms with Gasteiger partial charge < -0.3 is 10.2 Å². The number of amides is 1. The zero-order chi connectivity index (χ0) is 14.5. The van der Waals surface area contributed by atoms with E-state index in [2.05, 4.69) is 29.6 Å². The Kier molecular flexibility index (Phi) is 4.91. The average Bonchev–Trinajstić information content (AvgIpc) is 3.02. The van der Waals surface area contributed by atoms with Gasteiger partial charge in [0.2, 0.25) is 0 Å². The Hall–Kier alpha value is -1.35. The molecule has 1 saturated heterocycles. The number of quaternary nitrogens is 1. The summed E-state index contributed by atoms with van der Waals surface area (Å²) in [5.41, 5.74) is 2.39. The minimum Gasteiger partial charge on any atom is -0.327 e. The molecule has 0 bridgehead atoms. The first-order valence-corrected chi connectivity index (χ1v) is 8.54. The maximum atomic E-state index is 12.0. The number of hydrogen-bond donors (Lipinski definition) is 2. The Balaban J connectivity index is 1.52. The minimum atomic E-state index is 0.150. The second kappa shape index (κ2) is 7.08. The molecule has 3 heteroatoms. The van der Waals surface area contributed by atoms with E-state index in [1.807, 2.05) is 0 Å². The predicted molar refractivity (Wildman–Crippen MR) is 85.7 cm³/mol. The molecule has 0 unspecified atom stereocenters. The lowest BCUT2D eigenvalue weighted by Crippen LogP contribution is -3.11. The first-order chi connectivity index (χ1) is 10.3. The molecule has 2 fully saturated rings. The van der Waals surface area contributed by atoms with Gasteiger partial charge in [-0.2, -0.15) is 0 Å². The van der Waals surface area contributed by atoms with E-state index in [1.54, 1.807) is 0 Å². The second-order valence-electron chi connectivity index (χ2n) is 6.64. The van der Waals surface area contributed by atoms with Crippen LogP contribution in [0.3, 0.4) is 0 Å². The number of nitrogens with one attached hydrogen (secondary N) is 2. The second-order valence-corrected chi connectivity index (χ2v) is 6.64. The Morgan fingerprint density at radius 3 is 2.33 bits per heavy atom. The van der Waals surface area contributed by atoms with Crippen molar-refractivity contribution in [3.63, 3.8) is 0 Å². The van der Waals surface area contributed by atoms with Gasteiger partial charge >= 0.3 is 0 Å². The van der Waals surface area contributed by atoms with Crippen molar-refractivity contribution < 1.29 is 9.69 Å². The van der Waals surface area contributed by atoms with Crippen LogP contribution in [0.15, 0.2) is 24.3 Å². The molecule has 2 N–H and O–H groups in total. The first-order valence-electron chi connectivity index (χ1n) is 8.54. The SMILES string of the molecule is O=C(C[NH+]1CCCC1)Nc1ccc(C2CCCCC2)cc1. The zero-order valence-corrected chi connectivity index (χ0v) is 12.9. The molecule has 1 aromatic rings. The number of rotatable bonds is 4. The number of anilines is 1. The van der Waals surface area contributed by atoms with E-state index in [4.69, 9.17) is 0 Å². The number of carbonyl (C=O) groups excluding carboxylic acids is 1. The zero-order valence-electron chi connectivity index (χ0n) is 12.9. The van der Waals surface area contributed by atoms with Gasteiger partial charge in [-0.05, 0) is 36.5 Å². The summed E-state index contributed by atoms with van der Waals surface area (Å²) >= 11 is 0. The molecule has 1 saturated carbocycles. The van der Waals surface area contributed by atoms with Crippen LogP contribution < -0.4 is 10.2 Å². The third-order valence-electron chi connectivity index (χ3n) is 4.99. The van der Waals surface area contributed by atoms with Gasteiger partial charge in [0, 0.05) is 18.5 Å². The number of benzene rings is 1. The van der Waals surface area contributed by atoms with Crippen molar-refractivity contribution in [2.45, 2.75) is 50.9 Å². The van der Waals surface area contributed by atoms with Gasteiger partial charge in [0.15, 0.2) is 6.54 Å². The van der Waals surface area contributed by atoms with Gasteiger partial charge in [0.25, 0.3) is 5.91 Å². The summed E-state index contributed by atoms with van der Waals surface area (Å²) in [6.45, 7) is 2.91. The summed E-state index contributed by atoms with van der Waals surface area (Å²) in [7, 11) is 0. The lowest BCUT2D eigenvalue weighted by Gasteiger charge is -2.22.